The predicted octanol–water partition coefficient (Wildman–Crippen LogP) is 6.95. The van der Waals surface area contributed by atoms with Gasteiger partial charge >= 0.3 is 5.97 Å². The number of ether oxygens (including phenoxy) is 1. The summed E-state index contributed by atoms with van der Waals surface area (Å²) in [6, 6.07) is 9.51. The quantitative estimate of drug-likeness (QED) is 0.336. The third-order valence-electron chi connectivity index (χ3n) is 4.99. The Labute approximate surface area is 164 Å². The molecule has 3 heteroatoms. The van der Waals surface area contributed by atoms with Gasteiger partial charge in [-0.15, -0.1) is 0 Å². The summed E-state index contributed by atoms with van der Waals surface area (Å²) in [4.78, 5) is 17.2. The fourth-order valence-corrected chi connectivity index (χ4v) is 3.32. The first-order valence-electron chi connectivity index (χ1n) is 10.5. The van der Waals surface area contributed by atoms with Crippen LogP contribution in [0.25, 0.3) is 10.9 Å². The Morgan fingerprint density at radius 3 is 2.52 bits per heavy atom. The van der Waals surface area contributed by atoms with Crippen LogP contribution < -0.4 is 0 Å². The lowest BCUT2D eigenvalue weighted by Crippen LogP contribution is -2.21. The number of hydrogen-bond acceptors (Lipinski definition) is 3. The number of benzene rings is 1. The number of nitrogens with zero attached hydrogens (tertiary/aromatic N) is 1. The van der Waals surface area contributed by atoms with E-state index in [0.717, 1.165) is 36.6 Å². The molecule has 2 aromatic rings. The third-order valence-corrected chi connectivity index (χ3v) is 4.99. The molecule has 3 nitrogen and oxygen atoms in total. The van der Waals surface area contributed by atoms with E-state index in [9.17, 15) is 4.79 Å². The molecule has 0 N–H and O–H groups in total. The molecule has 1 aromatic carbocycles. The Morgan fingerprint density at radius 1 is 1.04 bits per heavy atom. The van der Waals surface area contributed by atoms with Crippen molar-refractivity contribution in [3.05, 3.63) is 42.1 Å². The van der Waals surface area contributed by atoms with Crippen LogP contribution in [0.1, 0.15) is 89.4 Å². The van der Waals surface area contributed by atoms with E-state index in [-0.39, 0.29) is 17.5 Å². The lowest BCUT2D eigenvalue weighted by molar-refractivity contribution is 0.0229. The molecular formula is C24H35NO2. The Hall–Kier alpha value is -1.90. The first kappa shape index (κ1) is 21.4. The Bertz CT molecular complexity index is 712. The van der Waals surface area contributed by atoms with Crippen LogP contribution in [-0.4, -0.2) is 17.1 Å². The summed E-state index contributed by atoms with van der Waals surface area (Å²) in [7, 11) is 0. The van der Waals surface area contributed by atoms with Crippen LogP contribution in [0.5, 0.6) is 0 Å². The predicted molar refractivity (Wildman–Crippen MR) is 113 cm³/mol. The smallest absolute Gasteiger partial charge is 0.339 e. The summed E-state index contributed by atoms with van der Waals surface area (Å²) in [5, 5.41) is 0.863. The van der Waals surface area contributed by atoms with Gasteiger partial charge in [-0.1, -0.05) is 71.6 Å². The Kier molecular flexibility index (Phi) is 8.27. The van der Waals surface area contributed by atoms with Gasteiger partial charge in [-0.25, -0.2) is 4.79 Å². The third kappa shape index (κ3) is 7.32. The molecule has 0 aliphatic heterocycles. The highest BCUT2D eigenvalue weighted by atomic mass is 16.5. The van der Waals surface area contributed by atoms with E-state index >= 15 is 0 Å². The average Bonchev–Trinajstić information content (AvgIpc) is 2.64. The van der Waals surface area contributed by atoms with Crippen LogP contribution >= 0.6 is 0 Å². The summed E-state index contributed by atoms with van der Waals surface area (Å²) in [5.41, 5.74) is 1.70. The molecule has 0 saturated carbocycles. The van der Waals surface area contributed by atoms with E-state index in [1.54, 1.807) is 12.3 Å². The van der Waals surface area contributed by atoms with Gasteiger partial charge in [0.05, 0.1) is 11.1 Å². The molecule has 1 aromatic heterocycles. The lowest BCUT2D eigenvalue weighted by Gasteiger charge is -2.23. The maximum atomic E-state index is 12.9. The fraction of sp³-hybridized carbons (Fsp3) is 0.583. The lowest BCUT2D eigenvalue weighted by atomic mass is 9.88. The van der Waals surface area contributed by atoms with Crippen molar-refractivity contribution >= 4 is 16.9 Å². The van der Waals surface area contributed by atoms with Gasteiger partial charge in [0.2, 0.25) is 0 Å². The maximum absolute atomic E-state index is 12.9. The molecule has 0 bridgehead atoms. The minimum absolute atomic E-state index is 0.00900. The number of hydrogen-bond donors (Lipinski definition) is 0. The highest BCUT2D eigenvalue weighted by molar-refractivity contribution is 6.03. The summed E-state index contributed by atoms with van der Waals surface area (Å²) < 4.78 is 5.98. The molecule has 1 unspecified atom stereocenters. The number of carbonyl (C=O) groups is 1. The molecule has 27 heavy (non-hydrogen) atoms. The SMILES string of the molecule is CCCCCCCC(CCC(C)(C)C)OC(=O)c1ccnc2ccccc12. The monoisotopic (exact) mass is 369 g/mol. The molecular weight excluding hydrogens is 334 g/mol. The topological polar surface area (TPSA) is 39.2 Å². The van der Waals surface area contributed by atoms with Crippen molar-refractivity contribution in [2.45, 2.75) is 85.2 Å². The summed E-state index contributed by atoms with van der Waals surface area (Å²) in [6.07, 6.45) is 10.8. The molecule has 0 aliphatic carbocycles. The van der Waals surface area contributed by atoms with Gasteiger partial charge in [0.1, 0.15) is 6.10 Å². The van der Waals surface area contributed by atoms with Crippen molar-refractivity contribution in [3.8, 4) is 0 Å². The largest absolute Gasteiger partial charge is 0.459 e. The first-order chi connectivity index (χ1) is 12.9. The highest BCUT2D eigenvalue weighted by Crippen LogP contribution is 2.26. The van der Waals surface area contributed by atoms with E-state index < -0.39 is 0 Å². The number of aromatic nitrogens is 1. The molecule has 2 rings (SSSR count). The molecule has 1 heterocycles. The van der Waals surface area contributed by atoms with Gasteiger partial charge < -0.3 is 4.74 Å². The van der Waals surface area contributed by atoms with E-state index in [1.807, 2.05) is 24.3 Å². The zero-order valence-corrected chi connectivity index (χ0v) is 17.5. The molecule has 1 atom stereocenters. The molecule has 0 aliphatic rings. The van der Waals surface area contributed by atoms with Gasteiger partial charge in [-0.05, 0) is 43.2 Å². The van der Waals surface area contributed by atoms with Gasteiger partial charge in [-0.3, -0.25) is 4.98 Å². The van der Waals surface area contributed by atoms with Crippen LogP contribution in [0.2, 0.25) is 0 Å². The Balaban J connectivity index is 2.04. The normalized spacial score (nSPS) is 12.9. The zero-order valence-electron chi connectivity index (χ0n) is 17.5. The Morgan fingerprint density at radius 2 is 1.78 bits per heavy atom. The summed E-state index contributed by atoms with van der Waals surface area (Å²) >= 11 is 0. The average molecular weight is 370 g/mol. The highest BCUT2D eigenvalue weighted by Gasteiger charge is 2.20. The summed E-state index contributed by atoms with van der Waals surface area (Å²) in [6.45, 7) is 8.95. The van der Waals surface area contributed by atoms with Crippen molar-refractivity contribution in [2.24, 2.45) is 5.41 Å². The van der Waals surface area contributed by atoms with Crippen LogP contribution in [0.4, 0.5) is 0 Å². The van der Waals surface area contributed by atoms with Gasteiger partial charge in [-0.2, -0.15) is 0 Å². The zero-order chi connectivity index (χ0) is 19.7. The molecule has 0 spiro atoms. The van der Waals surface area contributed by atoms with Crippen molar-refractivity contribution in [3.63, 3.8) is 0 Å². The minimum Gasteiger partial charge on any atom is -0.459 e. The number of carbonyl (C=O) groups excluding carboxylic acids is 1. The van der Waals surface area contributed by atoms with Gasteiger partial charge in [0.25, 0.3) is 0 Å². The number of fused-ring (bicyclic) bond motifs is 1. The van der Waals surface area contributed by atoms with E-state index in [4.69, 9.17) is 4.74 Å². The van der Waals surface area contributed by atoms with Gasteiger partial charge in [0.15, 0.2) is 0 Å². The first-order valence-corrected chi connectivity index (χ1v) is 10.5. The van der Waals surface area contributed by atoms with E-state index in [2.05, 4.69) is 32.7 Å². The number of rotatable bonds is 10. The van der Waals surface area contributed by atoms with Crippen molar-refractivity contribution in [1.29, 1.82) is 0 Å². The van der Waals surface area contributed by atoms with Crippen molar-refractivity contribution in [1.82, 2.24) is 4.98 Å². The minimum atomic E-state index is -0.221. The number of unbranched alkanes of at least 4 members (excludes halogenated alkanes) is 4. The van der Waals surface area contributed by atoms with E-state index in [1.165, 1.54) is 25.7 Å². The second-order valence-corrected chi connectivity index (χ2v) is 8.71. The molecule has 0 amide bonds. The van der Waals surface area contributed by atoms with Crippen LogP contribution in [0, 0.1) is 5.41 Å². The molecule has 0 fully saturated rings. The number of pyridine rings is 1. The molecule has 0 saturated heterocycles. The van der Waals surface area contributed by atoms with Crippen LogP contribution in [0.3, 0.4) is 0 Å². The summed E-state index contributed by atoms with van der Waals surface area (Å²) in [5.74, 6) is -0.221. The van der Waals surface area contributed by atoms with Crippen LogP contribution in [0.15, 0.2) is 36.5 Å². The van der Waals surface area contributed by atoms with Gasteiger partial charge in [0, 0.05) is 11.6 Å². The van der Waals surface area contributed by atoms with Crippen molar-refractivity contribution in [2.75, 3.05) is 0 Å². The van der Waals surface area contributed by atoms with Crippen molar-refractivity contribution < 1.29 is 9.53 Å². The molecule has 148 valence electrons. The second kappa shape index (κ2) is 10.4. The maximum Gasteiger partial charge on any atom is 0.339 e. The number of esters is 1. The standard InChI is InChI=1S/C24H35NO2/c1-5-6-7-8-9-12-19(15-17-24(2,3)4)27-23(26)21-16-18-25-22-14-11-10-13-20(21)22/h10-11,13-14,16,18-19H,5-9,12,15,17H2,1-4H3. The van der Waals surface area contributed by atoms with Crippen LogP contribution in [-0.2, 0) is 4.74 Å². The molecule has 0 radical (unpaired) electrons. The van der Waals surface area contributed by atoms with E-state index in [0.29, 0.717) is 5.56 Å². The second-order valence-electron chi connectivity index (χ2n) is 8.71. The fourth-order valence-electron chi connectivity index (χ4n) is 3.32. The number of para-hydroxylation sites is 1.